The Morgan fingerprint density at radius 3 is 2.53 bits per heavy atom. The average Bonchev–Trinajstić information content (AvgIpc) is 2.99. The van der Waals surface area contributed by atoms with Gasteiger partial charge in [-0.15, -0.1) is 10.2 Å². The molecule has 2 fully saturated rings. The molecule has 1 saturated carbocycles. The van der Waals surface area contributed by atoms with Crippen LogP contribution in [0.3, 0.4) is 0 Å². The number of piperidine rings is 1. The highest BCUT2D eigenvalue weighted by Crippen LogP contribution is 2.42. The first-order valence-corrected chi connectivity index (χ1v) is 6.73. The largest absolute Gasteiger partial charge is 0.347 e. The van der Waals surface area contributed by atoms with Crippen LogP contribution < -0.4 is 4.90 Å². The van der Waals surface area contributed by atoms with Gasteiger partial charge in [0.25, 0.3) is 0 Å². The molecule has 3 rings (SSSR count). The van der Waals surface area contributed by atoms with E-state index < -0.39 is 0 Å². The first-order chi connectivity index (χ1) is 7.33. The van der Waals surface area contributed by atoms with Crippen molar-refractivity contribution >= 4 is 16.5 Å². The van der Waals surface area contributed by atoms with Crippen LogP contribution in [-0.4, -0.2) is 23.3 Å². The smallest absolute Gasteiger partial charge is 0.208 e. The van der Waals surface area contributed by atoms with Gasteiger partial charge in [-0.3, -0.25) is 0 Å². The van der Waals surface area contributed by atoms with Gasteiger partial charge in [0.15, 0.2) is 0 Å². The van der Waals surface area contributed by atoms with Crippen LogP contribution in [0.4, 0.5) is 5.13 Å². The number of rotatable bonds is 2. The predicted molar refractivity (Wildman–Crippen MR) is 62.5 cm³/mol. The molecule has 1 aliphatic carbocycles. The second kappa shape index (κ2) is 3.74. The number of aromatic nitrogens is 2. The first kappa shape index (κ1) is 9.58. The molecular formula is C11H17N3S. The van der Waals surface area contributed by atoms with Crippen molar-refractivity contribution in [3.8, 4) is 0 Å². The van der Waals surface area contributed by atoms with E-state index in [-0.39, 0.29) is 0 Å². The topological polar surface area (TPSA) is 29.0 Å². The Hall–Kier alpha value is -0.640. The fourth-order valence-corrected chi connectivity index (χ4v) is 3.11. The Bertz CT molecular complexity index is 337. The summed E-state index contributed by atoms with van der Waals surface area (Å²) in [6.45, 7) is 4.67. The van der Waals surface area contributed by atoms with Crippen LogP contribution in [-0.2, 0) is 0 Å². The van der Waals surface area contributed by atoms with E-state index in [4.69, 9.17) is 0 Å². The fourth-order valence-electron chi connectivity index (χ4n) is 2.05. The highest BCUT2D eigenvalue weighted by molar-refractivity contribution is 7.15. The van der Waals surface area contributed by atoms with Gasteiger partial charge in [-0.05, 0) is 31.6 Å². The molecule has 15 heavy (non-hydrogen) atoms. The lowest BCUT2D eigenvalue weighted by molar-refractivity contribution is 0.437. The lowest BCUT2D eigenvalue weighted by atomic mass is 10.00. The molecule has 1 aliphatic heterocycles. The third-order valence-electron chi connectivity index (χ3n) is 3.41. The maximum Gasteiger partial charge on any atom is 0.208 e. The summed E-state index contributed by atoms with van der Waals surface area (Å²) in [6, 6.07) is 0. The van der Waals surface area contributed by atoms with Crippen molar-refractivity contribution in [1.82, 2.24) is 10.2 Å². The molecule has 3 nitrogen and oxygen atoms in total. The Morgan fingerprint density at radius 1 is 1.13 bits per heavy atom. The van der Waals surface area contributed by atoms with E-state index in [0.29, 0.717) is 0 Å². The molecule has 4 heteroatoms. The monoisotopic (exact) mass is 223 g/mol. The first-order valence-electron chi connectivity index (χ1n) is 5.91. The summed E-state index contributed by atoms with van der Waals surface area (Å²) in [5.41, 5.74) is 0. The molecule has 2 aliphatic rings. The summed E-state index contributed by atoms with van der Waals surface area (Å²) in [7, 11) is 0. The average molecular weight is 223 g/mol. The fraction of sp³-hybridized carbons (Fsp3) is 0.818. The van der Waals surface area contributed by atoms with Gasteiger partial charge in [0.2, 0.25) is 5.13 Å². The SMILES string of the molecule is CC1CCN(c2nnc(C3CC3)s2)CC1. The number of anilines is 1. The Labute approximate surface area is 94.5 Å². The van der Waals surface area contributed by atoms with Crippen LogP contribution in [0.25, 0.3) is 0 Å². The zero-order valence-corrected chi connectivity index (χ0v) is 9.96. The van der Waals surface area contributed by atoms with Crippen LogP contribution >= 0.6 is 11.3 Å². The number of hydrogen-bond acceptors (Lipinski definition) is 4. The summed E-state index contributed by atoms with van der Waals surface area (Å²) in [5.74, 6) is 1.64. The molecule has 0 unspecified atom stereocenters. The van der Waals surface area contributed by atoms with Gasteiger partial charge >= 0.3 is 0 Å². The molecule has 82 valence electrons. The van der Waals surface area contributed by atoms with Crippen molar-refractivity contribution in [2.75, 3.05) is 18.0 Å². The molecular weight excluding hydrogens is 206 g/mol. The van der Waals surface area contributed by atoms with E-state index in [2.05, 4.69) is 22.0 Å². The van der Waals surface area contributed by atoms with Crippen LogP contribution in [0.5, 0.6) is 0 Å². The second-order valence-electron chi connectivity index (χ2n) is 4.87. The Balaban J connectivity index is 1.69. The molecule has 0 bridgehead atoms. The lowest BCUT2D eigenvalue weighted by Gasteiger charge is -2.29. The third-order valence-corrected chi connectivity index (χ3v) is 4.56. The maximum atomic E-state index is 4.32. The quantitative estimate of drug-likeness (QED) is 0.772. The van der Waals surface area contributed by atoms with Crippen molar-refractivity contribution in [2.45, 2.75) is 38.5 Å². The van der Waals surface area contributed by atoms with E-state index in [1.54, 1.807) is 0 Å². The molecule has 0 aromatic carbocycles. The van der Waals surface area contributed by atoms with Gasteiger partial charge < -0.3 is 4.90 Å². The zero-order chi connectivity index (χ0) is 10.3. The standard InChI is InChI=1S/C11H17N3S/c1-8-4-6-14(7-5-8)11-13-12-10(15-11)9-2-3-9/h8-9H,2-7H2,1H3. The van der Waals surface area contributed by atoms with Gasteiger partial charge in [-0.1, -0.05) is 18.3 Å². The van der Waals surface area contributed by atoms with Crippen molar-refractivity contribution in [1.29, 1.82) is 0 Å². The molecule has 1 saturated heterocycles. The van der Waals surface area contributed by atoms with Crippen LogP contribution in [0.2, 0.25) is 0 Å². The van der Waals surface area contributed by atoms with Gasteiger partial charge in [-0.2, -0.15) is 0 Å². The zero-order valence-electron chi connectivity index (χ0n) is 9.15. The Morgan fingerprint density at radius 2 is 1.87 bits per heavy atom. The summed E-state index contributed by atoms with van der Waals surface area (Å²) in [4.78, 5) is 2.41. The molecule has 0 spiro atoms. The minimum absolute atomic E-state index is 0.750. The van der Waals surface area contributed by atoms with Crippen molar-refractivity contribution in [3.05, 3.63) is 5.01 Å². The van der Waals surface area contributed by atoms with Gasteiger partial charge in [0, 0.05) is 19.0 Å². The van der Waals surface area contributed by atoms with Crippen LogP contribution in [0.1, 0.15) is 43.5 Å². The lowest BCUT2D eigenvalue weighted by Crippen LogP contribution is -2.32. The number of hydrogen-bond donors (Lipinski definition) is 0. The van der Waals surface area contributed by atoms with E-state index >= 15 is 0 Å². The normalized spacial score (nSPS) is 23.4. The van der Waals surface area contributed by atoms with E-state index in [0.717, 1.165) is 17.0 Å². The third kappa shape index (κ3) is 2.00. The highest BCUT2D eigenvalue weighted by atomic mass is 32.1. The minimum Gasteiger partial charge on any atom is -0.347 e. The van der Waals surface area contributed by atoms with Gasteiger partial charge in [-0.25, -0.2) is 0 Å². The molecule has 1 aromatic heterocycles. The summed E-state index contributed by atoms with van der Waals surface area (Å²) in [6.07, 6.45) is 5.26. The Kier molecular flexibility index (Phi) is 2.39. The highest BCUT2D eigenvalue weighted by Gasteiger charge is 2.28. The summed E-state index contributed by atoms with van der Waals surface area (Å²) < 4.78 is 0. The van der Waals surface area contributed by atoms with Crippen LogP contribution in [0.15, 0.2) is 0 Å². The van der Waals surface area contributed by atoms with E-state index in [1.165, 1.54) is 43.8 Å². The van der Waals surface area contributed by atoms with Gasteiger partial charge in [0.1, 0.15) is 5.01 Å². The van der Waals surface area contributed by atoms with Crippen molar-refractivity contribution in [3.63, 3.8) is 0 Å². The van der Waals surface area contributed by atoms with Crippen molar-refractivity contribution < 1.29 is 0 Å². The van der Waals surface area contributed by atoms with Gasteiger partial charge in [0.05, 0.1) is 0 Å². The second-order valence-corrected chi connectivity index (χ2v) is 5.85. The van der Waals surface area contributed by atoms with Crippen LogP contribution in [0, 0.1) is 5.92 Å². The molecule has 2 heterocycles. The molecule has 1 aromatic rings. The van der Waals surface area contributed by atoms with E-state index in [1.807, 2.05) is 11.3 Å². The summed E-state index contributed by atoms with van der Waals surface area (Å²) >= 11 is 1.81. The summed E-state index contributed by atoms with van der Waals surface area (Å²) in [5, 5.41) is 11.0. The van der Waals surface area contributed by atoms with E-state index in [9.17, 15) is 0 Å². The molecule has 0 atom stereocenters. The minimum atomic E-state index is 0.750. The number of nitrogens with zero attached hydrogens (tertiary/aromatic N) is 3. The predicted octanol–water partition coefficient (Wildman–Crippen LogP) is 2.65. The maximum absolute atomic E-state index is 4.32. The van der Waals surface area contributed by atoms with Crippen molar-refractivity contribution in [2.24, 2.45) is 5.92 Å². The molecule has 0 radical (unpaired) electrons. The molecule has 0 N–H and O–H groups in total. The molecule has 0 amide bonds.